The minimum Gasteiger partial charge on any atom is -0.494 e. The van der Waals surface area contributed by atoms with Crippen LogP contribution in [-0.2, 0) is 32.6 Å². The lowest BCUT2D eigenvalue weighted by atomic mass is 10.0. The van der Waals surface area contributed by atoms with Gasteiger partial charge in [-0.1, -0.05) is 54.1 Å². The Labute approximate surface area is 248 Å². The minimum atomic E-state index is -3.86. The minimum absolute atomic E-state index is 0.0753. The summed E-state index contributed by atoms with van der Waals surface area (Å²) in [5.74, 6) is -0.276. The second-order valence-corrected chi connectivity index (χ2v) is 13.1. The summed E-state index contributed by atoms with van der Waals surface area (Å²) >= 11 is 6.09. The Bertz CT molecular complexity index is 1410. The number of carbonyl (C=O) groups excluding carboxylic acids is 2. The lowest BCUT2D eigenvalue weighted by molar-refractivity contribution is -0.140. The number of rotatable bonds is 12. The van der Waals surface area contributed by atoms with Gasteiger partial charge in [-0.25, -0.2) is 8.42 Å². The van der Waals surface area contributed by atoms with Gasteiger partial charge in [-0.2, -0.15) is 0 Å². The number of amides is 2. The number of nitrogens with one attached hydrogen (secondary N) is 1. The van der Waals surface area contributed by atoms with Crippen molar-refractivity contribution in [3.63, 3.8) is 0 Å². The van der Waals surface area contributed by atoms with Crippen molar-refractivity contribution in [3.05, 3.63) is 95.0 Å². The number of ether oxygens (including phenoxy) is 1. The molecule has 3 rings (SSSR count). The van der Waals surface area contributed by atoms with Crippen molar-refractivity contribution in [2.75, 3.05) is 23.7 Å². The van der Waals surface area contributed by atoms with Crippen molar-refractivity contribution in [2.45, 2.75) is 52.2 Å². The van der Waals surface area contributed by atoms with E-state index in [0.717, 1.165) is 21.7 Å². The zero-order chi connectivity index (χ0) is 30.2. The number of nitrogens with zero attached hydrogens (tertiary/aromatic N) is 2. The highest BCUT2D eigenvalue weighted by Crippen LogP contribution is 2.23. The van der Waals surface area contributed by atoms with Gasteiger partial charge in [-0.05, 0) is 75.2 Å². The van der Waals surface area contributed by atoms with Gasteiger partial charge >= 0.3 is 0 Å². The lowest BCUT2D eigenvalue weighted by Crippen LogP contribution is -2.56. The highest BCUT2D eigenvalue weighted by Gasteiger charge is 2.34. The molecule has 0 saturated heterocycles. The molecule has 0 heterocycles. The monoisotopic (exact) mass is 599 g/mol. The van der Waals surface area contributed by atoms with Gasteiger partial charge in [-0.3, -0.25) is 13.9 Å². The van der Waals surface area contributed by atoms with Gasteiger partial charge in [-0.15, -0.1) is 0 Å². The Hall–Kier alpha value is -3.56. The number of carbonyl (C=O) groups is 2. The molecule has 3 aromatic carbocycles. The largest absolute Gasteiger partial charge is 0.494 e. The second-order valence-electron chi connectivity index (χ2n) is 10.8. The highest BCUT2D eigenvalue weighted by atomic mass is 35.5. The number of halogens is 1. The molecule has 41 heavy (non-hydrogen) atoms. The van der Waals surface area contributed by atoms with E-state index in [-0.39, 0.29) is 18.9 Å². The standard InChI is InChI=1S/C31H38ClN3O5S/c1-6-40-27-18-16-26(17-19-27)35(41(5,38)39)22-29(36)34(21-24-12-14-25(32)15-13-24)28(30(37)33-31(2,3)4)20-23-10-8-7-9-11-23/h7-19,28H,6,20-22H2,1-5H3,(H,33,37)/t28-/m0/s1. The quantitative estimate of drug-likeness (QED) is 0.314. The van der Waals surface area contributed by atoms with Crippen molar-refractivity contribution in [1.82, 2.24) is 10.2 Å². The average Bonchev–Trinajstić information content (AvgIpc) is 2.90. The molecule has 0 saturated carbocycles. The molecule has 0 radical (unpaired) electrons. The van der Waals surface area contributed by atoms with E-state index in [1.165, 1.54) is 4.90 Å². The van der Waals surface area contributed by atoms with Crippen LogP contribution in [0.3, 0.4) is 0 Å². The van der Waals surface area contributed by atoms with Crippen molar-refractivity contribution in [3.8, 4) is 5.75 Å². The fourth-order valence-electron chi connectivity index (χ4n) is 4.28. The van der Waals surface area contributed by atoms with Gasteiger partial charge in [0.25, 0.3) is 0 Å². The molecule has 2 amide bonds. The summed E-state index contributed by atoms with van der Waals surface area (Å²) < 4.78 is 32.3. The van der Waals surface area contributed by atoms with Crippen molar-refractivity contribution < 1.29 is 22.7 Å². The van der Waals surface area contributed by atoms with Crippen LogP contribution in [0.5, 0.6) is 5.75 Å². The molecule has 0 spiro atoms. The Morgan fingerprint density at radius 2 is 1.54 bits per heavy atom. The van der Waals surface area contributed by atoms with E-state index in [0.29, 0.717) is 23.1 Å². The summed E-state index contributed by atoms with van der Waals surface area (Å²) in [6.45, 7) is 7.51. The van der Waals surface area contributed by atoms with Crippen LogP contribution in [0.2, 0.25) is 5.02 Å². The molecule has 10 heteroatoms. The van der Waals surface area contributed by atoms with Crippen LogP contribution in [0.25, 0.3) is 0 Å². The third-order valence-electron chi connectivity index (χ3n) is 6.15. The Balaban J connectivity index is 2.04. The van der Waals surface area contributed by atoms with Gasteiger partial charge in [0.1, 0.15) is 18.3 Å². The van der Waals surface area contributed by atoms with Crippen LogP contribution in [0.1, 0.15) is 38.8 Å². The molecular formula is C31H38ClN3O5S. The molecule has 3 aromatic rings. The number of anilines is 1. The third-order valence-corrected chi connectivity index (χ3v) is 7.54. The maximum absolute atomic E-state index is 14.1. The fourth-order valence-corrected chi connectivity index (χ4v) is 5.26. The second kappa shape index (κ2) is 13.9. The molecular weight excluding hydrogens is 562 g/mol. The summed E-state index contributed by atoms with van der Waals surface area (Å²) in [6, 6.07) is 22.0. The summed E-state index contributed by atoms with van der Waals surface area (Å²) in [7, 11) is -3.86. The number of hydrogen-bond acceptors (Lipinski definition) is 5. The van der Waals surface area contributed by atoms with Crippen molar-refractivity contribution in [2.24, 2.45) is 0 Å². The van der Waals surface area contributed by atoms with E-state index in [1.807, 2.05) is 58.0 Å². The number of benzene rings is 3. The normalized spacial score (nSPS) is 12.3. The van der Waals surface area contributed by atoms with E-state index < -0.39 is 34.1 Å². The SMILES string of the molecule is CCOc1ccc(N(CC(=O)N(Cc2ccc(Cl)cc2)[C@@H](Cc2ccccc2)C(=O)NC(C)(C)C)S(C)(=O)=O)cc1. The summed E-state index contributed by atoms with van der Waals surface area (Å²) in [5, 5.41) is 3.54. The van der Waals surface area contributed by atoms with Crippen LogP contribution in [0.15, 0.2) is 78.9 Å². The fraction of sp³-hybridized carbons (Fsp3) is 0.355. The van der Waals surface area contributed by atoms with E-state index in [4.69, 9.17) is 16.3 Å². The number of sulfonamides is 1. The Morgan fingerprint density at radius 3 is 2.07 bits per heavy atom. The third kappa shape index (κ3) is 9.79. The first-order chi connectivity index (χ1) is 19.3. The molecule has 8 nitrogen and oxygen atoms in total. The topological polar surface area (TPSA) is 96.0 Å². The molecule has 0 fully saturated rings. The van der Waals surface area contributed by atoms with Crippen LogP contribution >= 0.6 is 11.6 Å². The first kappa shape index (κ1) is 32.0. The molecule has 220 valence electrons. The molecule has 1 N–H and O–H groups in total. The van der Waals surface area contributed by atoms with Gasteiger partial charge in [0.05, 0.1) is 18.6 Å². The first-order valence-corrected chi connectivity index (χ1v) is 15.6. The molecule has 0 aliphatic rings. The number of hydrogen-bond donors (Lipinski definition) is 1. The van der Waals surface area contributed by atoms with Crippen molar-refractivity contribution in [1.29, 1.82) is 0 Å². The van der Waals surface area contributed by atoms with Crippen LogP contribution < -0.4 is 14.4 Å². The zero-order valence-electron chi connectivity index (χ0n) is 24.1. The van der Waals surface area contributed by atoms with Crippen molar-refractivity contribution >= 4 is 39.1 Å². The zero-order valence-corrected chi connectivity index (χ0v) is 25.7. The lowest BCUT2D eigenvalue weighted by Gasteiger charge is -2.35. The summed E-state index contributed by atoms with van der Waals surface area (Å²) in [6.07, 6.45) is 1.29. The molecule has 1 atom stereocenters. The van der Waals surface area contributed by atoms with Crippen LogP contribution in [0, 0.1) is 0 Å². The van der Waals surface area contributed by atoms with Gasteiger partial charge in [0.2, 0.25) is 21.8 Å². The van der Waals surface area contributed by atoms with E-state index in [2.05, 4.69) is 5.32 Å². The summed E-state index contributed by atoms with van der Waals surface area (Å²) in [5.41, 5.74) is 1.37. The van der Waals surface area contributed by atoms with Gasteiger partial charge in [0.15, 0.2) is 0 Å². The van der Waals surface area contributed by atoms with E-state index >= 15 is 0 Å². The molecule has 0 bridgehead atoms. The Kier molecular flexibility index (Phi) is 10.8. The predicted molar refractivity (Wildman–Crippen MR) is 164 cm³/mol. The molecule has 0 aromatic heterocycles. The van der Waals surface area contributed by atoms with Gasteiger partial charge < -0.3 is 15.0 Å². The first-order valence-electron chi connectivity index (χ1n) is 13.4. The van der Waals surface area contributed by atoms with E-state index in [1.54, 1.807) is 48.5 Å². The molecule has 0 aliphatic heterocycles. The summed E-state index contributed by atoms with van der Waals surface area (Å²) in [4.78, 5) is 29.3. The smallest absolute Gasteiger partial charge is 0.244 e. The molecule has 0 aliphatic carbocycles. The van der Waals surface area contributed by atoms with Crippen LogP contribution in [0.4, 0.5) is 5.69 Å². The maximum atomic E-state index is 14.1. The molecule has 0 unspecified atom stereocenters. The highest BCUT2D eigenvalue weighted by molar-refractivity contribution is 7.92. The van der Waals surface area contributed by atoms with Gasteiger partial charge in [0, 0.05) is 23.5 Å². The predicted octanol–water partition coefficient (Wildman–Crippen LogP) is 5.06. The maximum Gasteiger partial charge on any atom is 0.244 e. The van der Waals surface area contributed by atoms with Crippen LogP contribution in [-0.4, -0.2) is 56.1 Å². The van der Waals surface area contributed by atoms with E-state index in [9.17, 15) is 18.0 Å². The average molecular weight is 600 g/mol. The Morgan fingerprint density at radius 1 is 0.927 bits per heavy atom.